The van der Waals surface area contributed by atoms with Gasteiger partial charge in [-0.15, -0.1) is 0 Å². The molecule has 0 atom stereocenters. The smallest absolute Gasteiger partial charge is 0.179 e. The Kier molecular flexibility index (Phi) is 1.30. The van der Waals surface area contributed by atoms with Crippen LogP contribution in [0.4, 0.5) is 0 Å². The maximum Gasteiger partial charge on any atom is 0.179 e. The molecule has 2 heterocycles. The molecular weight excluding hydrogens is 124 g/mol. The van der Waals surface area contributed by atoms with Gasteiger partial charge in [0.05, 0.1) is 0 Å². The van der Waals surface area contributed by atoms with Crippen LogP contribution in [0.15, 0.2) is 0 Å². The van der Waals surface area contributed by atoms with Crippen molar-refractivity contribution in [1.82, 2.24) is 4.90 Å². The average molecular weight is 136 g/mol. The lowest BCUT2D eigenvalue weighted by atomic mass is 9.80. The predicted octanol–water partition coefficient (Wildman–Crippen LogP) is 1.34. The Hall–Kier alpha value is -0.710. The maximum atomic E-state index is 8.69. The highest BCUT2D eigenvalue weighted by Crippen LogP contribution is 2.33. The van der Waals surface area contributed by atoms with Crippen LogP contribution >= 0.6 is 0 Å². The molecule has 2 heteroatoms. The molecule has 3 fully saturated rings. The molecule has 2 bridgehead atoms. The number of hydrogen-bond acceptors (Lipinski definition) is 2. The molecule has 0 amide bonds. The van der Waals surface area contributed by atoms with E-state index in [2.05, 4.69) is 6.19 Å². The minimum Gasteiger partial charge on any atom is -0.307 e. The standard InChI is InChI=1S/C8H12N2/c9-6-10-5-7-1-3-8(10)4-2-7/h7-8H,1-5H2. The number of nitriles is 1. The minimum absolute atomic E-state index is 0.606. The molecule has 1 saturated carbocycles. The van der Waals surface area contributed by atoms with Gasteiger partial charge in [-0.05, 0) is 31.6 Å². The van der Waals surface area contributed by atoms with Crippen molar-refractivity contribution in [2.24, 2.45) is 5.92 Å². The summed E-state index contributed by atoms with van der Waals surface area (Å²) in [6, 6.07) is 0.606. The molecule has 0 aromatic heterocycles. The number of piperidine rings is 2. The summed E-state index contributed by atoms with van der Waals surface area (Å²) in [4.78, 5) is 1.97. The van der Waals surface area contributed by atoms with Crippen LogP contribution in [0.5, 0.6) is 0 Å². The van der Waals surface area contributed by atoms with E-state index in [1.807, 2.05) is 4.90 Å². The first kappa shape index (κ1) is 6.03. The largest absolute Gasteiger partial charge is 0.307 e. The number of nitrogens with zero attached hydrogens (tertiary/aromatic N) is 2. The molecule has 10 heavy (non-hydrogen) atoms. The zero-order chi connectivity index (χ0) is 6.97. The van der Waals surface area contributed by atoms with E-state index in [1.165, 1.54) is 25.7 Å². The van der Waals surface area contributed by atoms with Gasteiger partial charge < -0.3 is 4.90 Å². The molecule has 0 spiro atoms. The Bertz CT molecular complexity index is 163. The van der Waals surface area contributed by atoms with Crippen LogP contribution in [0.1, 0.15) is 25.7 Å². The number of rotatable bonds is 0. The van der Waals surface area contributed by atoms with E-state index in [0.29, 0.717) is 6.04 Å². The van der Waals surface area contributed by atoms with E-state index in [4.69, 9.17) is 5.26 Å². The molecule has 0 radical (unpaired) electrons. The van der Waals surface area contributed by atoms with Crippen molar-refractivity contribution in [3.05, 3.63) is 0 Å². The molecule has 0 aromatic carbocycles. The number of hydrogen-bond donors (Lipinski definition) is 0. The third kappa shape index (κ3) is 0.775. The lowest BCUT2D eigenvalue weighted by molar-refractivity contribution is 0.0984. The molecule has 1 aliphatic carbocycles. The first-order chi connectivity index (χ1) is 4.90. The fourth-order valence-corrected chi connectivity index (χ4v) is 2.19. The quantitative estimate of drug-likeness (QED) is 0.470. The highest BCUT2D eigenvalue weighted by atomic mass is 15.2. The van der Waals surface area contributed by atoms with E-state index < -0.39 is 0 Å². The Morgan fingerprint density at radius 1 is 1.20 bits per heavy atom. The zero-order valence-electron chi connectivity index (χ0n) is 6.08. The fraction of sp³-hybridized carbons (Fsp3) is 0.875. The fourth-order valence-electron chi connectivity index (χ4n) is 2.19. The molecule has 54 valence electrons. The van der Waals surface area contributed by atoms with Crippen molar-refractivity contribution in [3.8, 4) is 6.19 Å². The van der Waals surface area contributed by atoms with Gasteiger partial charge in [-0.3, -0.25) is 0 Å². The summed E-state index contributed by atoms with van der Waals surface area (Å²) in [7, 11) is 0. The van der Waals surface area contributed by atoms with Crippen LogP contribution in [-0.4, -0.2) is 17.5 Å². The SMILES string of the molecule is N#CN1CC2CCC1CC2. The summed E-state index contributed by atoms with van der Waals surface area (Å²) >= 11 is 0. The van der Waals surface area contributed by atoms with E-state index in [0.717, 1.165) is 12.5 Å². The molecule has 2 nitrogen and oxygen atoms in total. The normalized spacial score (nSPS) is 37.7. The lowest BCUT2D eigenvalue weighted by Crippen LogP contribution is -2.45. The summed E-state index contributed by atoms with van der Waals surface area (Å²) in [5.74, 6) is 0.838. The monoisotopic (exact) mass is 136 g/mol. The van der Waals surface area contributed by atoms with Crippen LogP contribution in [-0.2, 0) is 0 Å². The Labute approximate surface area is 61.4 Å². The van der Waals surface area contributed by atoms with E-state index >= 15 is 0 Å². The second kappa shape index (κ2) is 2.16. The van der Waals surface area contributed by atoms with Crippen molar-refractivity contribution in [2.75, 3.05) is 6.54 Å². The van der Waals surface area contributed by atoms with Gasteiger partial charge in [0.25, 0.3) is 0 Å². The van der Waals surface area contributed by atoms with Gasteiger partial charge in [0.1, 0.15) is 0 Å². The van der Waals surface area contributed by atoms with Crippen LogP contribution in [0, 0.1) is 17.4 Å². The minimum atomic E-state index is 0.606. The van der Waals surface area contributed by atoms with Crippen molar-refractivity contribution >= 4 is 0 Å². The highest BCUT2D eigenvalue weighted by Gasteiger charge is 2.32. The Balaban J connectivity index is 2.09. The summed E-state index contributed by atoms with van der Waals surface area (Å²) in [6.07, 6.45) is 7.52. The zero-order valence-corrected chi connectivity index (χ0v) is 6.08. The van der Waals surface area contributed by atoms with Gasteiger partial charge >= 0.3 is 0 Å². The van der Waals surface area contributed by atoms with Gasteiger partial charge in [-0.25, -0.2) is 0 Å². The number of fused-ring (bicyclic) bond motifs is 3. The third-order valence-electron chi connectivity index (χ3n) is 2.84. The lowest BCUT2D eigenvalue weighted by Gasteiger charge is -2.42. The van der Waals surface area contributed by atoms with Gasteiger partial charge in [0, 0.05) is 12.6 Å². The molecule has 0 N–H and O–H groups in total. The summed E-state index contributed by atoms with van der Waals surface area (Å²) in [5.41, 5.74) is 0. The Morgan fingerprint density at radius 3 is 2.20 bits per heavy atom. The molecule has 3 rings (SSSR count). The maximum absolute atomic E-state index is 8.69. The van der Waals surface area contributed by atoms with Crippen molar-refractivity contribution in [3.63, 3.8) is 0 Å². The van der Waals surface area contributed by atoms with Gasteiger partial charge in [0.15, 0.2) is 6.19 Å². The van der Waals surface area contributed by atoms with E-state index in [9.17, 15) is 0 Å². The van der Waals surface area contributed by atoms with Crippen LogP contribution in [0.25, 0.3) is 0 Å². The second-order valence-corrected chi connectivity index (χ2v) is 3.43. The van der Waals surface area contributed by atoms with Crippen molar-refractivity contribution < 1.29 is 0 Å². The third-order valence-corrected chi connectivity index (χ3v) is 2.84. The highest BCUT2D eigenvalue weighted by molar-refractivity contribution is 4.93. The topological polar surface area (TPSA) is 27.0 Å². The van der Waals surface area contributed by atoms with Crippen molar-refractivity contribution in [1.29, 1.82) is 5.26 Å². The van der Waals surface area contributed by atoms with Crippen molar-refractivity contribution in [2.45, 2.75) is 31.7 Å². The van der Waals surface area contributed by atoms with E-state index in [1.54, 1.807) is 0 Å². The van der Waals surface area contributed by atoms with Crippen LogP contribution < -0.4 is 0 Å². The van der Waals surface area contributed by atoms with Gasteiger partial charge in [-0.1, -0.05) is 0 Å². The van der Waals surface area contributed by atoms with E-state index in [-0.39, 0.29) is 0 Å². The molecule has 0 unspecified atom stereocenters. The summed E-state index contributed by atoms with van der Waals surface area (Å²) < 4.78 is 0. The molecule has 2 aliphatic heterocycles. The molecule has 3 aliphatic rings. The first-order valence-electron chi connectivity index (χ1n) is 4.06. The molecular formula is C8H12N2. The summed E-state index contributed by atoms with van der Waals surface area (Å²) in [5, 5.41) is 8.69. The molecule has 2 saturated heterocycles. The first-order valence-corrected chi connectivity index (χ1v) is 4.06. The van der Waals surface area contributed by atoms with Gasteiger partial charge in [0.2, 0.25) is 0 Å². The predicted molar refractivity (Wildman–Crippen MR) is 38.1 cm³/mol. The average Bonchev–Trinajstić information content (AvgIpc) is 2.06. The second-order valence-electron chi connectivity index (χ2n) is 3.43. The Morgan fingerprint density at radius 2 is 1.90 bits per heavy atom. The van der Waals surface area contributed by atoms with Crippen LogP contribution in [0.2, 0.25) is 0 Å². The summed E-state index contributed by atoms with van der Waals surface area (Å²) in [6.45, 7) is 1.04. The molecule has 0 aromatic rings. The van der Waals surface area contributed by atoms with Crippen LogP contribution in [0.3, 0.4) is 0 Å². The van der Waals surface area contributed by atoms with Gasteiger partial charge in [-0.2, -0.15) is 5.26 Å².